The Labute approximate surface area is 183 Å². The minimum atomic E-state index is -1.04. The summed E-state index contributed by atoms with van der Waals surface area (Å²) < 4.78 is 5.22. The number of nitrogens with zero attached hydrogens (tertiary/aromatic N) is 3. The van der Waals surface area contributed by atoms with Crippen LogP contribution in [-0.2, 0) is 9.59 Å². The molecule has 0 aliphatic carbocycles. The quantitative estimate of drug-likeness (QED) is 0.640. The highest BCUT2D eigenvalue weighted by Crippen LogP contribution is 2.31. The van der Waals surface area contributed by atoms with Crippen LogP contribution in [0.3, 0.4) is 0 Å². The van der Waals surface area contributed by atoms with E-state index in [4.69, 9.17) is 19.9 Å². The van der Waals surface area contributed by atoms with E-state index in [0.29, 0.717) is 16.6 Å². The largest absolute Gasteiger partial charge is 0.482 e. The van der Waals surface area contributed by atoms with Gasteiger partial charge < -0.3 is 9.84 Å². The number of carbonyl (C=O) groups is 2. The molecule has 0 bridgehead atoms. The second kappa shape index (κ2) is 9.22. The number of hydrogen-bond acceptors (Lipinski definition) is 7. The van der Waals surface area contributed by atoms with Crippen LogP contribution in [0.25, 0.3) is 5.70 Å². The van der Waals surface area contributed by atoms with E-state index in [9.17, 15) is 9.59 Å². The molecule has 2 aromatic rings. The van der Waals surface area contributed by atoms with Crippen LogP contribution in [0, 0.1) is 0 Å². The van der Waals surface area contributed by atoms with Gasteiger partial charge in [0, 0.05) is 11.0 Å². The number of fused-ring (bicyclic) bond motifs is 2. The molecular formula is C22H22N4O4S. The van der Waals surface area contributed by atoms with Crippen molar-refractivity contribution in [3.05, 3.63) is 64.7 Å². The maximum atomic E-state index is 13.0. The Kier molecular flexibility index (Phi) is 6.22. The summed E-state index contributed by atoms with van der Waals surface area (Å²) in [4.78, 5) is 28.6. The molecule has 4 rings (SSSR count). The Balaban J connectivity index is 1.72. The number of hydrogen-bond donors (Lipinski definition) is 2. The van der Waals surface area contributed by atoms with E-state index in [-0.39, 0.29) is 5.91 Å². The van der Waals surface area contributed by atoms with Gasteiger partial charge in [-0.15, -0.1) is 5.10 Å². The molecule has 2 heterocycles. The summed E-state index contributed by atoms with van der Waals surface area (Å²) in [5.41, 5.74) is 1.27. The van der Waals surface area contributed by atoms with E-state index >= 15 is 0 Å². The van der Waals surface area contributed by atoms with Crippen LogP contribution in [0.2, 0.25) is 0 Å². The smallest absolute Gasteiger partial charge is 0.341 e. The number of carboxylic acid groups (broad SMARTS) is 1. The topological polar surface area (TPSA) is 104 Å². The highest BCUT2D eigenvalue weighted by Gasteiger charge is 2.34. The van der Waals surface area contributed by atoms with Gasteiger partial charge in [-0.25, -0.2) is 9.80 Å². The maximum absolute atomic E-state index is 13.0. The predicted molar refractivity (Wildman–Crippen MR) is 118 cm³/mol. The molecule has 0 aromatic heterocycles. The molecule has 0 radical (unpaired) electrons. The number of unbranched alkanes of at least 4 members (excludes halogenated alkanes) is 1. The molecule has 0 saturated carbocycles. The van der Waals surface area contributed by atoms with Crippen molar-refractivity contribution in [1.82, 2.24) is 10.3 Å². The third-order valence-corrected chi connectivity index (χ3v) is 5.74. The summed E-state index contributed by atoms with van der Waals surface area (Å²) in [5, 5.41) is 20.1. The number of aliphatic carboxylic acids is 1. The van der Waals surface area contributed by atoms with E-state index < -0.39 is 18.7 Å². The standard InChI is InChI=1S/C22H22N4O4S/c1-2-3-12-31-22-24-21(29)19-16-6-4-5-7-17(16)23-20(26(19)25-22)14-8-10-15(11-9-14)30-13-18(27)28/h4-11,20H,2-3,12-13H2,1H3,(H,27,28)(H,24,25,29). The fraction of sp³-hybridized carbons (Fsp3) is 0.273. The van der Waals surface area contributed by atoms with Gasteiger partial charge >= 0.3 is 5.97 Å². The van der Waals surface area contributed by atoms with Crippen LogP contribution in [0.4, 0.5) is 0 Å². The van der Waals surface area contributed by atoms with Crippen LogP contribution in [-0.4, -0.2) is 39.5 Å². The molecule has 9 heteroatoms. The minimum Gasteiger partial charge on any atom is -0.482 e. The number of thioether (sulfide) groups is 1. The van der Waals surface area contributed by atoms with Crippen LogP contribution >= 0.6 is 11.8 Å². The van der Waals surface area contributed by atoms with Gasteiger partial charge in [0.25, 0.3) is 5.91 Å². The fourth-order valence-corrected chi connectivity index (χ4v) is 4.24. The van der Waals surface area contributed by atoms with Gasteiger partial charge in [0.2, 0.25) is 0 Å². The van der Waals surface area contributed by atoms with E-state index in [2.05, 4.69) is 12.2 Å². The Morgan fingerprint density at radius 2 is 2.00 bits per heavy atom. The maximum Gasteiger partial charge on any atom is 0.341 e. The Bertz CT molecular complexity index is 1150. The average molecular weight is 439 g/mol. The predicted octanol–water partition coefficient (Wildman–Crippen LogP) is 1.83. The molecule has 2 aliphatic heterocycles. The summed E-state index contributed by atoms with van der Waals surface area (Å²) in [5.74, 6) is 0.0706. The highest BCUT2D eigenvalue weighted by atomic mass is 32.2. The zero-order valence-corrected chi connectivity index (χ0v) is 17.8. The number of ether oxygens (including phenoxy) is 1. The van der Waals surface area contributed by atoms with Gasteiger partial charge in [-0.05, 0) is 30.2 Å². The molecule has 1 amide bonds. The van der Waals surface area contributed by atoms with Gasteiger partial charge in [-0.3, -0.25) is 15.1 Å². The summed E-state index contributed by atoms with van der Waals surface area (Å²) in [6, 6.07) is 14.5. The normalized spacial score (nSPS) is 17.1. The van der Waals surface area contributed by atoms with Crippen LogP contribution < -0.4 is 20.6 Å². The lowest BCUT2D eigenvalue weighted by Crippen LogP contribution is -2.50. The first-order valence-corrected chi connectivity index (χ1v) is 11.0. The summed E-state index contributed by atoms with van der Waals surface area (Å²) in [6.45, 7) is 1.71. The molecule has 8 nitrogen and oxygen atoms in total. The van der Waals surface area contributed by atoms with Crippen molar-refractivity contribution >= 4 is 34.5 Å². The number of carbonyl (C=O) groups excluding carboxylic acids is 1. The van der Waals surface area contributed by atoms with E-state index in [1.807, 2.05) is 36.4 Å². The van der Waals surface area contributed by atoms with Crippen molar-refractivity contribution in [3.8, 4) is 5.75 Å². The van der Waals surface area contributed by atoms with Crippen LogP contribution in [0.5, 0.6) is 5.75 Å². The number of benzene rings is 2. The molecule has 31 heavy (non-hydrogen) atoms. The second-order valence-electron chi connectivity index (χ2n) is 7.03. The lowest BCUT2D eigenvalue weighted by atomic mass is 10.1. The SMILES string of the molecule is CCCCSC1=NN2C(=c3ccccc3=NC2c2ccc(OCC(=O)O)cc2)C(=O)N1. The molecule has 1 atom stereocenters. The van der Waals surface area contributed by atoms with Crippen LogP contribution in [0.15, 0.2) is 58.6 Å². The molecule has 0 spiro atoms. The van der Waals surface area contributed by atoms with Crippen molar-refractivity contribution in [2.45, 2.75) is 25.9 Å². The number of hydrazone groups is 1. The zero-order chi connectivity index (χ0) is 21.8. The summed E-state index contributed by atoms with van der Waals surface area (Å²) in [7, 11) is 0. The van der Waals surface area contributed by atoms with Crippen molar-refractivity contribution in [2.24, 2.45) is 10.1 Å². The van der Waals surface area contributed by atoms with Crippen molar-refractivity contribution in [1.29, 1.82) is 0 Å². The molecule has 2 N–H and O–H groups in total. The first kappa shape index (κ1) is 20.9. The van der Waals surface area contributed by atoms with E-state index in [1.165, 1.54) is 11.8 Å². The van der Waals surface area contributed by atoms with Crippen LogP contribution in [0.1, 0.15) is 31.5 Å². The van der Waals surface area contributed by atoms with Gasteiger partial charge in [0.1, 0.15) is 11.4 Å². The number of para-hydroxylation sites is 1. The van der Waals surface area contributed by atoms with Crippen molar-refractivity contribution in [2.75, 3.05) is 12.4 Å². The van der Waals surface area contributed by atoms with Gasteiger partial charge in [0.05, 0.1) is 5.36 Å². The molecule has 160 valence electrons. The molecule has 0 fully saturated rings. The summed E-state index contributed by atoms with van der Waals surface area (Å²) >= 11 is 1.52. The zero-order valence-electron chi connectivity index (χ0n) is 16.9. The summed E-state index contributed by atoms with van der Waals surface area (Å²) in [6.07, 6.45) is 1.58. The first-order chi connectivity index (χ1) is 15.1. The highest BCUT2D eigenvalue weighted by molar-refractivity contribution is 8.13. The Morgan fingerprint density at radius 3 is 2.74 bits per heavy atom. The van der Waals surface area contributed by atoms with Crippen molar-refractivity contribution in [3.63, 3.8) is 0 Å². The van der Waals surface area contributed by atoms with E-state index in [1.54, 1.807) is 17.1 Å². The molecular weight excluding hydrogens is 416 g/mol. The Morgan fingerprint density at radius 1 is 1.23 bits per heavy atom. The molecule has 1 unspecified atom stereocenters. The average Bonchev–Trinajstić information content (AvgIpc) is 2.77. The second-order valence-corrected chi connectivity index (χ2v) is 8.11. The lowest BCUT2D eigenvalue weighted by molar-refractivity contribution is -0.139. The third kappa shape index (κ3) is 4.56. The number of amides is 1. The number of amidine groups is 1. The van der Waals surface area contributed by atoms with Gasteiger partial charge in [0.15, 0.2) is 17.9 Å². The van der Waals surface area contributed by atoms with Gasteiger partial charge in [-0.1, -0.05) is 55.4 Å². The fourth-order valence-electron chi connectivity index (χ4n) is 3.30. The molecule has 2 aromatic carbocycles. The van der Waals surface area contributed by atoms with Crippen molar-refractivity contribution < 1.29 is 19.4 Å². The van der Waals surface area contributed by atoms with E-state index in [0.717, 1.165) is 34.7 Å². The number of rotatable bonds is 7. The Hall–Kier alpha value is -3.33. The number of carboxylic acids is 1. The minimum absolute atomic E-state index is 0.206. The first-order valence-electron chi connectivity index (χ1n) is 10.0. The third-order valence-electron chi connectivity index (χ3n) is 4.79. The molecule has 2 aliphatic rings. The lowest BCUT2D eigenvalue weighted by Gasteiger charge is -2.34. The van der Waals surface area contributed by atoms with Gasteiger partial charge in [-0.2, -0.15) is 0 Å². The molecule has 0 saturated heterocycles. The monoisotopic (exact) mass is 438 g/mol. The number of nitrogens with one attached hydrogen (secondary N) is 1.